The highest BCUT2D eigenvalue weighted by molar-refractivity contribution is 7.89. The van der Waals surface area contributed by atoms with Crippen LogP contribution in [0.3, 0.4) is 0 Å². The highest BCUT2D eigenvalue weighted by atomic mass is 32.2. The van der Waals surface area contributed by atoms with E-state index in [1.165, 1.54) is 36.4 Å². The number of hydrogen-bond acceptors (Lipinski definition) is 7. The van der Waals surface area contributed by atoms with E-state index in [1.807, 2.05) is 0 Å². The number of carbonyl (C=O) groups excluding carboxylic acids is 2. The first-order chi connectivity index (χ1) is 16.7. The van der Waals surface area contributed by atoms with Gasteiger partial charge in [-0.3, -0.25) is 4.79 Å². The predicted molar refractivity (Wildman–Crippen MR) is 131 cm³/mol. The number of anilines is 1. The minimum absolute atomic E-state index is 0.0653. The second-order valence-electron chi connectivity index (χ2n) is 7.57. The first-order valence-corrected chi connectivity index (χ1v) is 11.9. The van der Waals surface area contributed by atoms with Gasteiger partial charge in [0.25, 0.3) is 5.91 Å². The van der Waals surface area contributed by atoms with Crippen LogP contribution >= 0.6 is 0 Å². The summed E-state index contributed by atoms with van der Waals surface area (Å²) in [4.78, 5) is 25.3. The number of esters is 1. The van der Waals surface area contributed by atoms with Crippen molar-refractivity contribution >= 4 is 39.4 Å². The molecular weight excluding hydrogens is 470 g/mol. The smallest absolute Gasteiger partial charge is 0.343 e. The second-order valence-corrected chi connectivity index (χ2v) is 9.13. The fourth-order valence-corrected chi connectivity index (χ4v) is 3.91. The molecule has 4 rings (SSSR count). The number of benzene rings is 3. The van der Waals surface area contributed by atoms with Gasteiger partial charge in [-0.05, 0) is 67.1 Å². The van der Waals surface area contributed by atoms with Crippen LogP contribution in [0.1, 0.15) is 22.8 Å². The maximum Gasteiger partial charge on any atom is 0.343 e. The highest BCUT2D eigenvalue weighted by Gasteiger charge is 2.29. The van der Waals surface area contributed by atoms with E-state index in [-0.39, 0.29) is 16.6 Å². The SMILES string of the molecule is COc1cc(/C=C2\C(=O)N(c3ccc(S(N)(=O)=O)cc3)N=C2C)ccc1OC(=O)c1ccccc1. The first kappa shape index (κ1) is 23.9. The van der Waals surface area contributed by atoms with E-state index < -0.39 is 16.0 Å². The number of amides is 1. The minimum Gasteiger partial charge on any atom is -0.493 e. The summed E-state index contributed by atoms with van der Waals surface area (Å²) in [7, 11) is -2.40. The summed E-state index contributed by atoms with van der Waals surface area (Å²) in [6, 6.07) is 19.0. The molecule has 1 heterocycles. The van der Waals surface area contributed by atoms with Gasteiger partial charge in [0.15, 0.2) is 11.5 Å². The maximum absolute atomic E-state index is 13.0. The zero-order valence-corrected chi connectivity index (χ0v) is 19.7. The maximum atomic E-state index is 13.0. The lowest BCUT2D eigenvalue weighted by atomic mass is 10.1. The van der Waals surface area contributed by atoms with Gasteiger partial charge in [0.1, 0.15) is 0 Å². The Balaban J connectivity index is 1.57. The Morgan fingerprint density at radius 3 is 2.31 bits per heavy atom. The number of hydrazone groups is 1. The van der Waals surface area contributed by atoms with E-state index in [0.29, 0.717) is 33.8 Å². The summed E-state index contributed by atoms with van der Waals surface area (Å²) in [6.07, 6.45) is 1.64. The first-order valence-electron chi connectivity index (χ1n) is 10.4. The molecular formula is C25H21N3O6S. The summed E-state index contributed by atoms with van der Waals surface area (Å²) < 4.78 is 33.8. The van der Waals surface area contributed by atoms with Gasteiger partial charge in [-0.15, -0.1) is 0 Å². The van der Waals surface area contributed by atoms with E-state index in [9.17, 15) is 18.0 Å². The number of ether oxygens (including phenoxy) is 2. The monoisotopic (exact) mass is 491 g/mol. The van der Waals surface area contributed by atoms with Crippen LogP contribution < -0.4 is 19.6 Å². The zero-order chi connectivity index (χ0) is 25.2. The summed E-state index contributed by atoms with van der Waals surface area (Å²) >= 11 is 0. The quantitative estimate of drug-likeness (QED) is 0.320. The van der Waals surface area contributed by atoms with Gasteiger partial charge in [0, 0.05) is 0 Å². The van der Waals surface area contributed by atoms with E-state index in [1.54, 1.807) is 61.5 Å². The zero-order valence-electron chi connectivity index (χ0n) is 18.8. The molecule has 0 saturated carbocycles. The van der Waals surface area contributed by atoms with Crippen molar-refractivity contribution in [3.8, 4) is 11.5 Å². The number of primary sulfonamides is 1. The van der Waals surface area contributed by atoms with Crippen molar-refractivity contribution in [1.82, 2.24) is 0 Å². The van der Waals surface area contributed by atoms with Crippen molar-refractivity contribution in [2.45, 2.75) is 11.8 Å². The Labute approximate surface area is 202 Å². The molecule has 1 aliphatic heterocycles. The van der Waals surface area contributed by atoms with Gasteiger partial charge in [0.2, 0.25) is 10.0 Å². The minimum atomic E-state index is -3.85. The van der Waals surface area contributed by atoms with E-state index in [0.717, 1.165) is 0 Å². The van der Waals surface area contributed by atoms with E-state index in [4.69, 9.17) is 14.6 Å². The molecule has 1 aliphatic rings. The summed E-state index contributed by atoms with van der Waals surface area (Å²) in [5.41, 5.74) is 2.25. The molecule has 0 aromatic heterocycles. The Hall–Kier alpha value is -4.28. The normalized spacial score (nSPS) is 14.7. The standard InChI is InChI=1S/C25H21N3O6S/c1-16-21(24(29)28(27-16)19-9-11-20(12-10-19)35(26,31)32)14-17-8-13-22(23(15-17)33-2)34-25(30)18-6-4-3-5-7-18/h3-15H,1-2H3,(H2,26,31,32)/b21-14-. The Morgan fingerprint density at radius 2 is 1.69 bits per heavy atom. The molecule has 9 nitrogen and oxygen atoms in total. The fraction of sp³-hybridized carbons (Fsp3) is 0.0800. The predicted octanol–water partition coefficient (Wildman–Crippen LogP) is 3.37. The van der Waals surface area contributed by atoms with Gasteiger partial charge in [-0.25, -0.2) is 18.4 Å². The topological polar surface area (TPSA) is 128 Å². The molecule has 1 amide bonds. The molecule has 0 atom stereocenters. The lowest BCUT2D eigenvalue weighted by molar-refractivity contribution is -0.114. The Kier molecular flexibility index (Phi) is 6.50. The molecule has 0 spiro atoms. The van der Waals surface area contributed by atoms with Gasteiger partial charge in [-0.2, -0.15) is 10.1 Å². The van der Waals surface area contributed by atoms with Gasteiger partial charge >= 0.3 is 5.97 Å². The molecule has 0 unspecified atom stereocenters. The molecule has 0 radical (unpaired) electrons. The van der Waals surface area contributed by atoms with E-state index >= 15 is 0 Å². The van der Waals surface area contributed by atoms with Crippen molar-refractivity contribution in [3.05, 3.63) is 89.5 Å². The molecule has 0 saturated heterocycles. The van der Waals surface area contributed by atoms with Gasteiger partial charge in [-0.1, -0.05) is 24.3 Å². The molecule has 10 heteroatoms. The molecule has 3 aromatic rings. The van der Waals surface area contributed by atoms with Crippen molar-refractivity contribution in [3.63, 3.8) is 0 Å². The lowest BCUT2D eigenvalue weighted by Gasteiger charge is -2.12. The van der Waals surface area contributed by atoms with Crippen molar-refractivity contribution in [2.24, 2.45) is 10.2 Å². The number of sulfonamides is 1. The number of methoxy groups -OCH3 is 1. The highest BCUT2D eigenvalue weighted by Crippen LogP contribution is 2.31. The second kappa shape index (κ2) is 9.53. The van der Waals surface area contributed by atoms with Crippen LogP contribution in [-0.4, -0.2) is 33.1 Å². The number of hydrogen-bond donors (Lipinski definition) is 1. The molecule has 35 heavy (non-hydrogen) atoms. The molecule has 178 valence electrons. The molecule has 0 aliphatic carbocycles. The Bertz CT molecular complexity index is 1460. The number of rotatable bonds is 6. The van der Waals surface area contributed by atoms with Crippen LogP contribution in [0, 0.1) is 0 Å². The average molecular weight is 492 g/mol. The third-order valence-electron chi connectivity index (χ3n) is 5.18. The molecule has 0 fully saturated rings. The Morgan fingerprint density at radius 1 is 1.00 bits per heavy atom. The van der Waals surface area contributed by atoms with Crippen molar-refractivity contribution in [1.29, 1.82) is 0 Å². The van der Waals surface area contributed by atoms with E-state index in [2.05, 4.69) is 5.10 Å². The van der Waals surface area contributed by atoms with Gasteiger partial charge < -0.3 is 9.47 Å². The largest absolute Gasteiger partial charge is 0.493 e. The molecule has 3 aromatic carbocycles. The van der Waals surface area contributed by atoms with Crippen LogP contribution in [0.4, 0.5) is 5.69 Å². The lowest BCUT2D eigenvalue weighted by Crippen LogP contribution is -2.21. The van der Waals surface area contributed by atoms with Crippen LogP contribution in [-0.2, 0) is 14.8 Å². The van der Waals surface area contributed by atoms with Crippen LogP contribution in [0.15, 0.2) is 88.4 Å². The summed E-state index contributed by atoms with van der Waals surface area (Å²) in [5, 5.41) is 10.6. The number of nitrogens with two attached hydrogens (primary N) is 1. The number of nitrogens with zero attached hydrogens (tertiary/aromatic N) is 2. The molecule has 0 bridgehead atoms. The van der Waals surface area contributed by atoms with Crippen molar-refractivity contribution < 1.29 is 27.5 Å². The third kappa shape index (κ3) is 5.13. The fourth-order valence-electron chi connectivity index (χ4n) is 3.39. The van der Waals surface area contributed by atoms with Crippen LogP contribution in [0.5, 0.6) is 11.5 Å². The third-order valence-corrected chi connectivity index (χ3v) is 6.11. The van der Waals surface area contributed by atoms with Crippen molar-refractivity contribution in [2.75, 3.05) is 12.1 Å². The number of carbonyl (C=O) groups is 2. The summed E-state index contributed by atoms with van der Waals surface area (Å²) in [6.45, 7) is 1.69. The van der Waals surface area contributed by atoms with Crippen LogP contribution in [0.25, 0.3) is 6.08 Å². The summed E-state index contributed by atoms with van der Waals surface area (Å²) in [5.74, 6) is -0.347. The average Bonchev–Trinajstić information content (AvgIpc) is 3.13. The van der Waals surface area contributed by atoms with Crippen LogP contribution in [0.2, 0.25) is 0 Å². The molecule has 2 N–H and O–H groups in total. The van der Waals surface area contributed by atoms with Gasteiger partial charge in [0.05, 0.1) is 34.5 Å².